The van der Waals surface area contributed by atoms with Gasteiger partial charge in [-0.05, 0) is 95.4 Å². The Balaban J connectivity index is 0.956. The molecular weight excluding hydrogens is 771 g/mol. The summed E-state index contributed by atoms with van der Waals surface area (Å²) in [5, 5.41) is 10.1. The van der Waals surface area contributed by atoms with E-state index in [4.69, 9.17) is 0 Å². The fraction of sp³-hybridized carbons (Fsp3) is 0. The van der Waals surface area contributed by atoms with E-state index in [2.05, 4.69) is 238 Å². The number of aromatic nitrogens is 2. The first-order valence-electron chi connectivity index (χ1n) is 21.2. The van der Waals surface area contributed by atoms with Gasteiger partial charge >= 0.3 is 0 Å². The van der Waals surface area contributed by atoms with E-state index in [1.165, 1.54) is 85.7 Å². The first-order chi connectivity index (χ1) is 30.8. The minimum absolute atomic E-state index is 1.10. The quantitative estimate of drug-likeness (QED) is 0.163. The van der Waals surface area contributed by atoms with Crippen LogP contribution in [0.3, 0.4) is 0 Å². The summed E-state index contributed by atoms with van der Waals surface area (Å²) in [6.07, 6.45) is 0. The number of fused-ring (bicyclic) bond motifs is 11. The lowest BCUT2D eigenvalue weighted by atomic mass is 10.0. The van der Waals surface area contributed by atoms with E-state index in [1.54, 1.807) is 0 Å². The third-order valence-corrected chi connectivity index (χ3v) is 13.8. The third-order valence-electron chi connectivity index (χ3n) is 12.7. The van der Waals surface area contributed by atoms with Crippen LogP contribution in [0.5, 0.6) is 0 Å². The molecule has 0 spiro atoms. The number of anilines is 3. The summed E-state index contributed by atoms with van der Waals surface area (Å²) in [6.45, 7) is 0. The van der Waals surface area contributed by atoms with E-state index in [1.807, 2.05) is 11.3 Å². The maximum atomic E-state index is 2.45. The van der Waals surface area contributed by atoms with Crippen molar-refractivity contribution < 1.29 is 0 Å². The number of rotatable bonds is 6. The molecule has 0 N–H and O–H groups in total. The number of thiophene rings is 1. The van der Waals surface area contributed by atoms with Crippen LogP contribution >= 0.6 is 11.3 Å². The zero-order chi connectivity index (χ0) is 40.7. The lowest BCUT2D eigenvalue weighted by Gasteiger charge is -2.27. The van der Waals surface area contributed by atoms with Crippen LogP contribution in [0.25, 0.3) is 97.1 Å². The van der Waals surface area contributed by atoms with Gasteiger partial charge in [-0.2, -0.15) is 0 Å². The molecule has 0 saturated heterocycles. The molecule has 10 aromatic carbocycles. The molecule has 13 aromatic rings. The van der Waals surface area contributed by atoms with Gasteiger partial charge in [0.2, 0.25) is 0 Å². The van der Waals surface area contributed by atoms with Gasteiger partial charge < -0.3 is 14.0 Å². The Bertz CT molecular complexity index is 3850. The van der Waals surface area contributed by atoms with Crippen molar-refractivity contribution in [3.05, 3.63) is 224 Å². The largest absolute Gasteiger partial charge is 0.310 e. The zero-order valence-electron chi connectivity index (χ0n) is 33.6. The van der Waals surface area contributed by atoms with E-state index >= 15 is 0 Å². The maximum absolute atomic E-state index is 2.45. The smallest absolute Gasteiger partial charge is 0.0619 e. The van der Waals surface area contributed by atoms with Crippen LogP contribution in [0, 0.1) is 0 Å². The predicted molar refractivity (Wildman–Crippen MR) is 266 cm³/mol. The van der Waals surface area contributed by atoms with Crippen LogP contribution in [0.4, 0.5) is 17.1 Å². The number of nitrogens with zero attached hydrogens (tertiary/aromatic N) is 3. The van der Waals surface area contributed by atoms with Crippen LogP contribution in [0.2, 0.25) is 0 Å². The molecule has 0 bridgehead atoms. The molecule has 0 aliphatic rings. The highest BCUT2D eigenvalue weighted by Crippen LogP contribution is 2.46. The number of benzene rings is 10. The summed E-state index contributed by atoms with van der Waals surface area (Å²) in [5.41, 5.74) is 12.9. The monoisotopic (exact) mass is 807 g/mol. The highest BCUT2D eigenvalue weighted by Gasteiger charge is 2.22. The second-order valence-corrected chi connectivity index (χ2v) is 17.2. The van der Waals surface area contributed by atoms with Gasteiger partial charge in [-0.1, -0.05) is 146 Å². The molecule has 3 heterocycles. The van der Waals surface area contributed by atoms with E-state index in [0.29, 0.717) is 0 Å². The fourth-order valence-electron chi connectivity index (χ4n) is 9.93. The molecule has 3 aromatic heterocycles. The lowest BCUT2D eigenvalue weighted by molar-refractivity contribution is 1.18. The molecular formula is C58H37N3S. The number of hydrogen-bond donors (Lipinski definition) is 0. The summed E-state index contributed by atoms with van der Waals surface area (Å²) >= 11 is 1.86. The van der Waals surface area contributed by atoms with Gasteiger partial charge in [0.05, 0.1) is 27.8 Å². The van der Waals surface area contributed by atoms with Crippen LogP contribution in [-0.2, 0) is 0 Å². The summed E-state index contributed by atoms with van der Waals surface area (Å²) in [7, 11) is 0. The first kappa shape index (κ1) is 34.9. The molecule has 0 fully saturated rings. The van der Waals surface area contributed by atoms with Crippen molar-refractivity contribution in [3.63, 3.8) is 0 Å². The normalized spacial score (nSPS) is 11.9. The van der Waals surface area contributed by atoms with Crippen LogP contribution in [0.15, 0.2) is 224 Å². The topological polar surface area (TPSA) is 13.1 Å². The summed E-state index contributed by atoms with van der Waals surface area (Å²) in [4.78, 5) is 2.45. The molecule has 0 saturated carbocycles. The highest BCUT2D eigenvalue weighted by molar-refractivity contribution is 7.25. The second kappa shape index (κ2) is 13.8. The minimum atomic E-state index is 1.10. The summed E-state index contributed by atoms with van der Waals surface area (Å²) < 4.78 is 7.41. The van der Waals surface area contributed by atoms with Crippen molar-refractivity contribution in [3.8, 4) is 22.5 Å². The molecule has 0 unspecified atom stereocenters. The van der Waals surface area contributed by atoms with Crippen molar-refractivity contribution in [2.75, 3.05) is 4.90 Å². The molecule has 290 valence electrons. The summed E-state index contributed by atoms with van der Waals surface area (Å²) in [6, 6.07) is 82.2. The van der Waals surface area contributed by atoms with Crippen molar-refractivity contribution >= 4 is 103 Å². The van der Waals surface area contributed by atoms with E-state index in [9.17, 15) is 0 Å². The number of hydrogen-bond acceptors (Lipinski definition) is 2. The average molecular weight is 808 g/mol. The van der Waals surface area contributed by atoms with E-state index in [-0.39, 0.29) is 0 Å². The van der Waals surface area contributed by atoms with Crippen molar-refractivity contribution in [2.45, 2.75) is 0 Å². The van der Waals surface area contributed by atoms with Crippen molar-refractivity contribution in [1.82, 2.24) is 9.13 Å². The first-order valence-corrected chi connectivity index (χ1v) is 22.0. The summed E-state index contributed by atoms with van der Waals surface area (Å²) in [5.74, 6) is 0. The van der Waals surface area contributed by atoms with Crippen LogP contribution in [-0.4, -0.2) is 9.13 Å². The molecule has 0 aliphatic carbocycles. The highest BCUT2D eigenvalue weighted by atomic mass is 32.1. The Labute approximate surface area is 362 Å². The Hall–Kier alpha value is -7.92. The molecule has 62 heavy (non-hydrogen) atoms. The van der Waals surface area contributed by atoms with Crippen LogP contribution in [0.1, 0.15) is 0 Å². The van der Waals surface area contributed by atoms with Gasteiger partial charge in [0, 0.05) is 69.9 Å². The van der Waals surface area contributed by atoms with Gasteiger partial charge in [-0.25, -0.2) is 0 Å². The number of para-hydroxylation sites is 3. The van der Waals surface area contributed by atoms with Gasteiger partial charge in [0.1, 0.15) is 0 Å². The molecule has 13 rings (SSSR count). The fourth-order valence-corrected chi connectivity index (χ4v) is 11.1. The minimum Gasteiger partial charge on any atom is -0.310 e. The molecule has 0 aliphatic heterocycles. The van der Waals surface area contributed by atoms with Gasteiger partial charge in [-0.3, -0.25) is 0 Å². The third kappa shape index (κ3) is 5.30. The Morgan fingerprint density at radius 2 is 0.919 bits per heavy atom. The lowest BCUT2D eigenvalue weighted by Crippen LogP contribution is -2.10. The van der Waals surface area contributed by atoms with Crippen LogP contribution < -0.4 is 4.90 Å². The van der Waals surface area contributed by atoms with Crippen molar-refractivity contribution in [1.29, 1.82) is 0 Å². The predicted octanol–water partition coefficient (Wildman–Crippen LogP) is 16.5. The van der Waals surface area contributed by atoms with Gasteiger partial charge in [0.15, 0.2) is 0 Å². The molecule has 3 nitrogen and oxygen atoms in total. The Morgan fingerprint density at radius 3 is 1.73 bits per heavy atom. The average Bonchev–Trinajstić information content (AvgIpc) is 4.00. The van der Waals surface area contributed by atoms with E-state index < -0.39 is 0 Å². The Morgan fingerprint density at radius 1 is 0.339 bits per heavy atom. The zero-order valence-corrected chi connectivity index (χ0v) is 34.4. The van der Waals surface area contributed by atoms with Crippen molar-refractivity contribution in [2.24, 2.45) is 0 Å². The van der Waals surface area contributed by atoms with Gasteiger partial charge in [-0.15, -0.1) is 11.3 Å². The Kier molecular flexibility index (Phi) is 7.78. The molecule has 4 heteroatoms. The van der Waals surface area contributed by atoms with E-state index in [0.717, 1.165) is 28.4 Å². The standard InChI is InChI=1S/C58H37N3S/c1-2-14-41(15-3-1)60-52-21-10-7-19-50(52)57-53(22-12-23-54(57)60)59(44-34-36-48-47-18-8-11-24-55(47)62-56(48)37-44)42-30-25-38(26-31-42)39-27-32-43(33-28-39)61-51-20-9-6-17-46(51)49-35-29-40-13-4-5-16-45(40)58(49)61/h1-37H. The second-order valence-electron chi connectivity index (χ2n) is 16.1. The van der Waals surface area contributed by atoms with Gasteiger partial charge in [0.25, 0.3) is 0 Å². The molecule has 0 radical (unpaired) electrons. The molecule has 0 amide bonds. The molecule has 0 atom stereocenters. The SMILES string of the molecule is c1ccc(-n2c3ccccc3c3c(N(c4ccc(-c5ccc(-n6c7ccccc7c7ccc8ccccc8c76)cc5)cc4)c4ccc5c(c4)sc4ccccc45)cccc32)cc1. The maximum Gasteiger partial charge on any atom is 0.0619 e.